The molecule has 0 heterocycles. The molecule has 4 heteroatoms. The minimum atomic E-state index is -0.528. The molecule has 0 radical (unpaired) electrons. The maximum Gasteiger partial charge on any atom is 0.225 e. The minimum Gasteiger partial charge on any atom is -0.495 e. The first-order valence-electron chi connectivity index (χ1n) is 5.59. The van der Waals surface area contributed by atoms with Gasteiger partial charge in [-0.05, 0) is 23.3 Å². The van der Waals surface area contributed by atoms with Gasteiger partial charge in [0.25, 0.3) is 0 Å². The molecule has 0 atom stereocenters. The predicted molar refractivity (Wildman–Crippen MR) is 73.8 cm³/mol. The Labute approximate surface area is 115 Å². The molecule has 2 rings (SSSR count). The van der Waals surface area contributed by atoms with Gasteiger partial charge in [-0.2, -0.15) is 0 Å². The topological polar surface area (TPSA) is 43.4 Å². The molecule has 2 aromatic rings. The number of ether oxygens (including phenoxy) is 1. The standard InChI is InChI=1S/C15H11ClO3/c1-19-15-7-6-12(8-13(15)16)10-2-4-11(5-3-10)14(18)9-17/h2-9H,1H3. The number of carbonyl (C=O) groups is 2. The molecule has 0 N–H and O–H groups in total. The summed E-state index contributed by atoms with van der Waals surface area (Å²) in [5.41, 5.74) is 2.20. The fourth-order valence-electron chi connectivity index (χ4n) is 1.74. The highest BCUT2D eigenvalue weighted by Gasteiger charge is 2.06. The van der Waals surface area contributed by atoms with Gasteiger partial charge in [-0.15, -0.1) is 0 Å². The molecule has 0 aliphatic carbocycles. The molecule has 0 spiro atoms. The molecule has 0 aromatic heterocycles. The van der Waals surface area contributed by atoms with Gasteiger partial charge < -0.3 is 4.74 Å². The van der Waals surface area contributed by atoms with Crippen molar-refractivity contribution in [1.29, 1.82) is 0 Å². The van der Waals surface area contributed by atoms with Crippen LogP contribution in [0.1, 0.15) is 10.4 Å². The van der Waals surface area contributed by atoms with Crippen molar-refractivity contribution in [2.75, 3.05) is 7.11 Å². The second-order valence-electron chi connectivity index (χ2n) is 3.91. The highest BCUT2D eigenvalue weighted by Crippen LogP contribution is 2.30. The summed E-state index contributed by atoms with van der Waals surface area (Å²) < 4.78 is 5.09. The van der Waals surface area contributed by atoms with Crippen molar-refractivity contribution in [3.05, 3.63) is 53.1 Å². The Morgan fingerprint density at radius 2 is 1.74 bits per heavy atom. The molecule has 0 unspecified atom stereocenters. The molecule has 3 nitrogen and oxygen atoms in total. The van der Waals surface area contributed by atoms with Gasteiger partial charge >= 0.3 is 0 Å². The van der Waals surface area contributed by atoms with E-state index in [-0.39, 0.29) is 0 Å². The van der Waals surface area contributed by atoms with E-state index >= 15 is 0 Å². The van der Waals surface area contributed by atoms with Crippen LogP contribution in [-0.2, 0) is 4.79 Å². The van der Waals surface area contributed by atoms with Gasteiger partial charge in [0, 0.05) is 5.56 Å². The first-order chi connectivity index (χ1) is 9.15. The van der Waals surface area contributed by atoms with E-state index in [1.165, 1.54) is 0 Å². The lowest BCUT2D eigenvalue weighted by molar-refractivity contribution is -0.104. The van der Waals surface area contributed by atoms with Crippen LogP contribution in [0.5, 0.6) is 5.75 Å². The molecule has 0 bridgehead atoms. The van der Waals surface area contributed by atoms with Crippen molar-refractivity contribution in [2.24, 2.45) is 0 Å². The average Bonchev–Trinajstić information content (AvgIpc) is 2.46. The van der Waals surface area contributed by atoms with Crippen LogP contribution in [-0.4, -0.2) is 19.2 Å². The Kier molecular flexibility index (Phi) is 3.97. The number of ketones is 1. The number of hydrogen-bond donors (Lipinski definition) is 0. The summed E-state index contributed by atoms with van der Waals surface area (Å²) in [6, 6.07) is 12.2. The van der Waals surface area contributed by atoms with E-state index in [9.17, 15) is 9.59 Å². The van der Waals surface area contributed by atoms with Crippen molar-refractivity contribution in [1.82, 2.24) is 0 Å². The fraction of sp³-hybridized carbons (Fsp3) is 0.0667. The monoisotopic (exact) mass is 274 g/mol. The normalized spacial score (nSPS) is 10.0. The molecular formula is C15H11ClO3. The lowest BCUT2D eigenvalue weighted by Crippen LogP contribution is -1.98. The van der Waals surface area contributed by atoms with Gasteiger partial charge in [0.05, 0.1) is 12.1 Å². The first-order valence-corrected chi connectivity index (χ1v) is 5.97. The van der Waals surface area contributed by atoms with Gasteiger partial charge in [-0.25, -0.2) is 0 Å². The van der Waals surface area contributed by atoms with E-state index in [0.29, 0.717) is 22.6 Å². The van der Waals surface area contributed by atoms with Crippen LogP contribution >= 0.6 is 11.6 Å². The summed E-state index contributed by atoms with van der Waals surface area (Å²) >= 11 is 6.06. The highest BCUT2D eigenvalue weighted by atomic mass is 35.5. The predicted octanol–water partition coefficient (Wildman–Crippen LogP) is 3.40. The third kappa shape index (κ3) is 2.83. The number of Topliss-reactive ketones (excluding diaryl/α,β-unsaturated/α-hetero) is 1. The maximum atomic E-state index is 11.2. The highest BCUT2D eigenvalue weighted by molar-refractivity contribution is 6.33. The van der Waals surface area contributed by atoms with E-state index in [0.717, 1.165) is 11.1 Å². The zero-order valence-corrected chi connectivity index (χ0v) is 11.0. The number of carbonyl (C=O) groups excluding carboxylic acids is 2. The number of benzene rings is 2. The summed E-state index contributed by atoms with van der Waals surface area (Å²) in [5, 5.41) is 0.521. The van der Waals surface area contributed by atoms with Crippen molar-refractivity contribution in [3.63, 3.8) is 0 Å². The Hall–Kier alpha value is -2.13. The molecule has 0 saturated carbocycles. The van der Waals surface area contributed by atoms with Crippen molar-refractivity contribution < 1.29 is 14.3 Å². The second-order valence-corrected chi connectivity index (χ2v) is 4.32. The summed E-state index contributed by atoms with van der Waals surface area (Å²) in [5.74, 6) is 0.0810. The minimum absolute atomic E-state index is 0.305. The van der Waals surface area contributed by atoms with Gasteiger partial charge in [-0.3, -0.25) is 9.59 Å². The van der Waals surface area contributed by atoms with Crippen LogP contribution in [0.2, 0.25) is 5.02 Å². The van der Waals surface area contributed by atoms with E-state index < -0.39 is 5.78 Å². The average molecular weight is 275 g/mol. The molecule has 19 heavy (non-hydrogen) atoms. The summed E-state index contributed by atoms with van der Waals surface area (Å²) in [7, 11) is 1.56. The SMILES string of the molecule is COc1ccc(-c2ccc(C(=O)C=O)cc2)cc1Cl. The molecule has 0 aliphatic heterocycles. The Balaban J connectivity index is 2.34. The molecular weight excluding hydrogens is 264 g/mol. The summed E-state index contributed by atoms with van der Waals surface area (Å²) in [4.78, 5) is 21.6. The fourth-order valence-corrected chi connectivity index (χ4v) is 2.00. The number of halogens is 1. The van der Waals surface area contributed by atoms with Crippen LogP contribution in [0, 0.1) is 0 Å². The third-order valence-electron chi connectivity index (χ3n) is 2.76. The van der Waals surface area contributed by atoms with Crippen LogP contribution in [0.4, 0.5) is 0 Å². The van der Waals surface area contributed by atoms with Gasteiger partial charge in [0.2, 0.25) is 5.78 Å². The van der Waals surface area contributed by atoms with Crippen molar-refractivity contribution in [2.45, 2.75) is 0 Å². The van der Waals surface area contributed by atoms with Crippen LogP contribution in [0.15, 0.2) is 42.5 Å². The van der Waals surface area contributed by atoms with Gasteiger partial charge in [0.1, 0.15) is 5.75 Å². The van der Waals surface area contributed by atoms with Crippen molar-refractivity contribution >= 4 is 23.7 Å². The third-order valence-corrected chi connectivity index (χ3v) is 3.06. The molecule has 2 aromatic carbocycles. The van der Waals surface area contributed by atoms with Crippen LogP contribution in [0.3, 0.4) is 0 Å². The molecule has 96 valence electrons. The van der Waals surface area contributed by atoms with E-state index in [1.807, 2.05) is 6.07 Å². The van der Waals surface area contributed by atoms with Gasteiger partial charge in [0.15, 0.2) is 6.29 Å². The Morgan fingerprint density at radius 3 is 2.26 bits per heavy atom. The van der Waals surface area contributed by atoms with E-state index in [1.54, 1.807) is 43.5 Å². The van der Waals surface area contributed by atoms with Crippen molar-refractivity contribution in [3.8, 4) is 16.9 Å². The quantitative estimate of drug-likeness (QED) is 0.488. The lowest BCUT2D eigenvalue weighted by atomic mass is 10.0. The second kappa shape index (κ2) is 5.67. The Bertz CT molecular complexity index is 618. The maximum absolute atomic E-state index is 11.2. The molecule has 0 amide bonds. The molecule has 0 saturated heterocycles. The first kappa shape index (κ1) is 13.3. The zero-order valence-electron chi connectivity index (χ0n) is 10.2. The summed E-state index contributed by atoms with van der Waals surface area (Å²) in [6.45, 7) is 0. The number of rotatable bonds is 4. The smallest absolute Gasteiger partial charge is 0.225 e. The number of hydrogen-bond acceptors (Lipinski definition) is 3. The number of methoxy groups -OCH3 is 1. The summed E-state index contributed by atoms with van der Waals surface area (Å²) in [6.07, 6.45) is 0.305. The van der Waals surface area contributed by atoms with Crippen LogP contribution < -0.4 is 4.74 Å². The Morgan fingerprint density at radius 1 is 1.11 bits per heavy atom. The largest absolute Gasteiger partial charge is 0.495 e. The molecule has 0 aliphatic rings. The van der Waals surface area contributed by atoms with E-state index in [2.05, 4.69) is 0 Å². The molecule has 0 fully saturated rings. The number of aldehydes is 1. The zero-order chi connectivity index (χ0) is 13.8. The lowest BCUT2D eigenvalue weighted by Gasteiger charge is -2.06. The van der Waals surface area contributed by atoms with Gasteiger partial charge in [-0.1, -0.05) is 41.9 Å². The van der Waals surface area contributed by atoms with E-state index in [4.69, 9.17) is 16.3 Å². The van der Waals surface area contributed by atoms with Crippen LogP contribution in [0.25, 0.3) is 11.1 Å².